The molecule has 0 bridgehead atoms. The molecule has 3 heteroatoms. The van der Waals surface area contributed by atoms with Crippen LogP contribution in [-0.4, -0.2) is 24.8 Å². The van der Waals surface area contributed by atoms with Crippen LogP contribution in [0.3, 0.4) is 0 Å². The van der Waals surface area contributed by atoms with E-state index in [0.717, 1.165) is 6.42 Å². The average Bonchev–Trinajstić information content (AvgIpc) is 2.15. The molecule has 16 heavy (non-hydrogen) atoms. The van der Waals surface area contributed by atoms with Crippen molar-refractivity contribution in [3.05, 3.63) is 0 Å². The lowest BCUT2D eigenvalue weighted by molar-refractivity contribution is -0.164. The molecule has 0 saturated heterocycles. The van der Waals surface area contributed by atoms with Gasteiger partial charge in [-0.05, 0) is 33.6 Å². The normalized spacial score (nSPS) is 15.6. The van der Waals surface area contributed by atoms with Crippen molar-refractivity contribution in [3.8, 4) is 0 Å². The van der Waals surface area contributed by atoms with E-state index in [0.29, 0.717) is 19.1 Å². The first-order valence-corrected chi connectivity index (χ1v) is 6.12. The van der Waals surface area contributed by atoms with Crippen molar-refractivity contribution in [2.75, 3.05) is 13.2 Å². The number of carbonyl (C=O) groups excluding carboxylic acids is 1. The van der Waals surface area contributed by atoms with Gasteiger partial charge in [0.05, 0.1) is 12.5 Å². The summed E-state index contributed by atoms with van der Waals surface area (Å²) in [5, 5.41) is 0. The molecule has 0 aliphatic carbocycles. The van der Waals surface area contributed by atoms with Crippen LogP contribution >= 0.6 is 0 Å². The van der Waals surface area contributed by atoms with Crippen LogP contribution in [0, 0.1) is 11.8 Å². The zero-order valence-electron chi connectivity index (χ0n) is 11.5. The Balaban J connectivity index is 4.43. The number of esters is 1. The Morgan fingerprint density at radius 2 is 1.81 bits per heavy atom. The molecule has 0 aromatic heterocycles. The van der Waals surface area contributed by atoms with E-state index in [1.165, 1.54) is 0 Å². The van der Waals surface area contributed by atoms with Gasteiger partial charge in [-0.15, -0.1) is 0 Å². The Morgan fingerprint density at radius 1 is 1.25 bits per heavy atom. The summed E-state index contributed by atoms with van der Waals surface area (Å²) in [5.41, 5.74) is -0.422. The first kappa shape index (κ1) is 15.4. The molecular formula is C13H26O3. The molecule has 0 heterocycles. The average molecular weight is 230 g/mol. The molecule has 0 saturated carbocycles. The van der Waals surface area contributed by atoms with Gasteiger partial charge in [0, 0.05) is 6.61 Å². The molecule has 0 aliphatic rings. The van der Waals surface area contributed by atoms with Crippen LogP contribution in [0.4, 0.5) is 0 Å². The van der Waals surface area contributed by atoms with Crippen molar-refractivity contribution in [1.82, 2.24) is 0 Å². The van der Waals surface area contributed by atoms with E-state index < -0.39 is 5.60 Å². The van der Waals surface area contributed by atoms with Gasteiger partial charge in [0.2, 0.25) is 0 Å². The molecule has 2 unspecified atom stereocenters. The van der Waals surface area contributed by atoms with Crippen molar-refractivity contribution in [1.29, 1.82) is 0 Å². The fourth-order valence-corrected chi connectivity index (χ4v) is 1.37. The van der Waals surface area contributed by atoms with Gasteiger partial charge in [0.1, 0.15) is 5.60 Å². The predicted octanol–water partition coefficient (Wildman–Crippen LogP) is 3.03. The quantitative estimate of drug-likeness (QED) is 0.658. The molecule has 0 aromatic carbocycles. The summed E-state index contributed by atoms with van der Waals surface area (Å²) in [6.45, 7) is 12.8. The summed E-state index contributed by atoms with van der Waals surface area (Å²) in [4.78, 5) is 12.0. The fourth-order valence-electron chi connectivity index (χ4n) is 1.37. The highest BCUT2D eigenvalue weighted by molar-refractivity contribution is 5.73. The summed E-state index contributed by atoms with van der Waals surface area (Å²) in [5.74, 6) is 0.000810. The molecule has 0 N–H and O–H groups in total. The lowest BCUT2D eigenvalue weighted by Gasteiger charge is -2.26. The van der Waals surface area contributed by atoms with Crippen LogP contribution < -0.4 is 0 Å². The van der Waals surface area contributed by atoms with E-state index in [2.05, 4.69) is 13.8 Å². The van der Waals surface area contributed by atoms with Crippen LogP contribution in [-0.2, 0) is 14.3 Å². The summed E-state index contributed by atoms with van der Waals surface area (Å²) in [6, 6.07) is 0. The second-order valence-electron chi connectivity index (χ2n) is 5.18. The topological polar surface area (TPSA) is 35.5 Å². The third-order valence-electron chi connectivity index (χ3n) is 2.54. The molecule has 0 rings (SSSR count). The van der Waals surface area contributed by atoms with E-state index in [1.807, 2.05) is 27.7 Å². The molecule has 0 fully saturated rings. The highest BCUT2D eigenvalue weighted by Gasteiger charge is 2.28. The zero-order chi connectivity index (χ0) is 12.8. The first-order chi connectivity index (χ1) is 7.31. The molecular weight excluding hydrogens is 204 g/mol. The van der Waals surface area contributed by atoms with Gasteiger partial charge in [-0.25, -0.2) is 0 Å². The van der Waals surface area contributed by atoms with Crippen LogP contribution in [0.1, 0.15) is 48.0 Å². The summed E-state index contributed by atoms with van der Waals surface area (Å²) >= 11 is 0. The van der Waals surface area contributed by atoms with Crippen LogP contribution in [0.2, 0.25) is 0 Å². The van der Waals surface area contributed by atoms with Gasteiger partial charge < -0.3 is 9.47 Å². The molecule has 96 valence electrons. The Labute approximate surface area is 99.5 Å². The number of rotatable bonds is 6. The number of hydrogen-bond acceptors (Lipinski definition) is 3. The molecule has 0 spiro atoms. The zero-order valence-corrected chi connectivity index (χ0v) is 11.5. The van der Waals surface area contributed by atoms with Crippen LogP contribution in [0.5, 0.6) is 0 Å². The molecule has 0 radical (unpaired) electrons. The summed E-state index contributed by atoms with van der Waals surface area (Å²) in [7, 11) is 0. The monoisotopic (exact) mass is 230 g/mol. The fraction of sp³-hybridized carbons (Fsp3) is 0.923. The number of carbonyl (C=O) groups is 1. The molecule has 3 nitrogen and oxygen atoms in total. The predicted molar refractivity (Wildman–Crippen MR) is 65.3 cm³/mol. The van der Waals surface area contributed by atoms with E-state index >= 15 is 0 Å². The van der Waals surface area contributed by atoms with Crippen molar-refractivity contribution in [2.45, 2.75) is 53.6 Å². The van der Waals surface area contributed by atoms with E-state index in [4.69, 9.17) is 9.47 Å². The van der Waals surface area contributed by atoms with Gasteiger partial charge in [0.15, 0.2) is 0 Å². The number of ether oxygens (including phenoxy) is 2. The second kappa shape index (κ2) is 6.89. The lowest BCUT2D eigenvalue weighted by Crippen LogP contribution is -2.34. The van der Waals surface area contributed by atoms with E-state index in [1.54, 1.807) is 0 Å². The van der Waals surface area contributed by atoms with Gasteiger partial charge in [-0.3, -0.25) is 4.79 Å². The van der Waals surface area contributed by atoms with E-state index in [-0.39, 0.29) is 11.9 Å². The van der Waals surface area contributed by atoms with Gasteiger partial charge in [-0.1, -0.05) is 20.3 Å². The highest BCUT2D eigenvalue weighted by Crippen LogP contribution is 2.20. The maximum Gasteiger partial charge on any atom is 0.312 e. The van der Waals surface area contributed by atoms with Crippen molar-refractivity contribution in [2.24, 2.45) is 11.8 Å². The van der Waals surface area contributed by atoms with Gasteiger partial charge >= 0.3 is 5.97 Å². The SMILES string of the molecule is CCOCC(C(=O)OC(C)(C)C)C(C)CC. The largest absolute Gasteiger partial charge is 0.460 e. The Hall–Kier alpha value is -0.570. The smallest absolute Gasteiger partial charge is 0.312 e. The third-order valence-corrected chi connectivity index (χ3v) is 2.54. The van der Waals surface area contributed by atoms with Crippen molar-refractivity contribution in [3.63, 3.8) is 0 Å². The minimum Gasteiger partial charge on any atom is -0.460 e. The highest BCUT2D eigenvalue weighted by atomic mass is 16.6. The first-order valence-electron chi connectivity index (χ1n) is 6.12. The van der Waals surface area contributed by atoms with Crippen molar-refractivity contribution >= 4 is 5.97 Å². The summed E-state index contributed by atoms with van der Waals surface area (Å²) in [6.07, 6.45) is 0.955. The van der Waals surface area contributed by atoms with Crippen molar-refractivity contribution < 1.29 is 14.3 Å². The molecule has 0 aromatic rings. The standard InChI is InChI=1S/C13H26O3/c1-7-10(3)11(9-15-8-2)12(14)16-13(4,5)6/h10-11H,7-9H2,1-6H3. The maximum absolute atomic E-state index is 12.0. The minimum absolute atomic E-state index is 0.143. The Kier molecular flexibility index (Phi) is 6.65. The molecule has 0 amide bonds. The molecule has 2 atom stereocenters. The van der Waals surface area contributed by atoms with Crippen LogP contribution in [0.25, 0.3) is 0 Å². The third kappa shape index (κ3) is 6.11. The lowest BCUT2D eigenvalue weighted by atomic mass is 9.92. The Bertz CT molecular complexity index is 206. The van der Waals surface area contributed by atoms with Crippen LogP contribution in [0.15, 0.2) is 0 Å². The van der Waals surface area contributed by atoms with Gasteiger partial charge in [-0.2, -0.15) is 0 Å². The van der Waals surface area contributed by atoms with E-state index in [9.17, 15) is 4.79 Å². The maximum atomic E-state index is 12.0. The minimum atomic E-state index is -0.422. The van der Waals surface area contributed by atoms with Gasteiger partial charge in [0.25, 0.3) is 0 Å². The second-order valence-corrected chi connectivity index (χ2v) is 5.18. The number of hydrogen-bond donors (Lipinski definition) is 0. The molecule has 0 aliphatic heterocycles. The Morgan fingerprint density at radius 3 is 2.19 bits per heavy atom. The summed E-state index contributed by atoms with van der Waals surface area (Å²) < 4.78 is 10.8.